The van der Waals surface area contributed by atoms with E-state index in [0.29, 0.717) is 27.3 Å². The van der Waals surface area contributed by atoms with Crippen LogP contribution in [0.3, 0.4) is 0 Å². The maximum atomic E-state index is 11.2. The number of nitrogens with zero attached hydrogens (tertiary/aromatic N) is 1. The lowest BCUT2D eigenvalue weighted by Gasteiger charge is -2.05. The number of hydrogen-bond donors (Lipinski definition) is 2. The molecule has 0 saturated carbocycles. The molecule has 7 heteroatoms. The van der Waals surface area contributed by atoms with Crippen LogP contribution in [0.25, 0.3) is 11.3 Å². The molecule has 2 aromatic carbocycles. The number of anilines is 2. The van der Waals surface area contributed by atoms with Crippen molar-refractivity contribution < 1.29 is 14.6 Å². The zero-order valence-electron chi connectivity index (χ0n) is 14.0. The van der Waals surface area contributed by atoms with Crippen molar-refractivity contribution in [2.75, 3.05) is 11.9 Å². The van der Waals surface area contributed by atoms with Crippen LogP contribution >= 0.6 is 22.9 Å². The Morgan fingerprint density at radius 3 is 2.62 bits per heavy atom. The molecule has 0 atom stereocenters. The highest BCUT2D eigenvalue weighted by Gasteiger charge is 2.16. The van der Waals surface area contributed by atoms with Crippen molar-refractivity contribution in [3.63, 3.8) is 0 Å². The number of aliphatic carboxylic acids is 1. The number of thiazole rings is 1. The van der Waals surface area contributed by atoms with Crippen LogP contribution in [0.15, 0.2) is 48.5 Å². The minimum absolute atomic E-state index is 0.0928. The standard InChI is InChI=1S/C19H17ClN2O3S/c1-2-25-13-9-7-12(8-10-13)18-16(11-17(23)24)26-19(22-18)21-15-6-4-3-5-14(15)20/h3-10H,2,11H2,1H3,(H,21,22)(H,23,24). The molecule has 0 bridgehead atoms. The number of hydrogen-bond acceptors (Lipinski definition) is 5. The molecule has 0 unspecified atom stereocenters. The number of carbonyl (C=O) groups is 1. The molecular formula is C19H17ClN2O3S. The Morgan fingerprint density at radius 2 is 1.96 bits per heavy atom. The first kappa shape index (κ1) is 18.2. The summed E-state index contributed by atoms with van der Waals surface area (Å²) in [6, 6.07) is 14.8. The van der Waals surface area contributed by atoms with E-state index < -0.39 is 5.97 Å². The molecule has 0 amide bonds. The van der Waals surface area contributed by atoms with E-state index in [1.54, 1.807) is 6.07 Å². The number of halogens is 1. The molecule has 0 saturated heterocycles. The molecule has 134 valence electrons. The van der Waals surface area contributed by atoms with Gasteiger partial charge in [-0.25, -0.2) is 4.98 Å². The van der Waals surface area contributed by atoms with Crippen molar-refractivity contribution in [1.82, 2.24) is 4.98 Å². The predicted molar refractivity (Wildman–Crippen MR) is 105 cm³/mol. The minimum atomic E-state index is -0.898. The van der Waals surface area contributed by atoms with E-state index in [-0.39, 0.29) is 6.42 Å². The quantitative estimate of drug-likeness (QED) is 0.579. The molecule has 26 heavy (non-hydrogen) atoms. The Morgan fingerprint density at radius 1 is 1.23 bits per heavy atom. The first-order valence-electron chi connectivity index (χ1n) is 8.03. The minimum Gasteiger partial charge on any atom is -0.494 e. The molecule has 1 heterocycles. The summed E-state index contributed by atoms with van der Waals surface area (Å²) in [7, 11) is 0. The van der Waals surface area contributed by atoms with E-state index in [1.807, 2.05) is 49.4 Å². The van der Waals surface area contributed by atoms with Crippen LogP contribution < -0.4 is 10.1 Å². The maximum absolute atomic E-state index is 11.2. The highest BCUT2D eigenvalue weighted by Crippen LogP contribution is 2.35. The lowest BCUT2D eigenvalue weighted by Crippen LogP contribution is -1.99. The lowest BCUT2D eigenvalue weighted by atomic mass is 10.1. The summed E-state index contributed by atoms with van der Waals surface area (Å²) < 4.78 is 5.45. The van der Waals surface area contributed by atoms with Gasteiger partial charge in [-0.3, -0.25) is 4.79 Å². The van der Waals surface area contributed by atoms with Gasteiger partial charge in [-0.15, -0.1) is 11.3 Å². The second kappa shape index (κ2) is 8.21. The summed E-state index contributed by atoms with van der Waals surface area (Å²) >= 11 is 7.48. The first-order valence-corrected chi connectivity index (χ1v) is 9.22. The van der Waals surface area contributed by atoms with Crippen LogP contribution in [0.4, 0.5) is 10.8 Å². The summed E-state index contributed by atoms with van der Waals surface area (Å²) in [5.41, 5.74) is 2.21. The van der Waals surface area contributed by atoms with Crippen molar-refractivity contribution >= 4 is 39.7 Å². The Balaban J connectivity index is 1.94. The molecule has 0 aliphatic heterocycles. The average Bonchev–Trinajstić information content (AvgIpc) is 2.99. The fraction of sp³-hybridized carbons (Fsp3) is 0.158. The zero-order valence-corrected chi connectivity index (χ0v) is 15.6. The lowest BCUT2D eigenvalue weighted by molar-refractivity contribution is -0.136. The predicted octanol–water partition coefficient (Wildman–Crippen LogP) is 5.23. The van der Waals surface area contributed by atoms with Gasteiger partial charge in [0.25, 0.3) is 0 Å². The second-order valence-corrected chi connectivity index (χ2v) is 6.91. The molecule has 5 nitrogen and oxygen atoms in total. The molecule has 2 N–H and O–H groups in total. The number of para-hydroxylation sites is 1. The van der Waals surface area contributed by atoms with Gasteiger partial charge in [-0.1, -0.05) is 23.7 Å². The van der Waals surface area contributed by atoms with Crippen molar-refractivity contribution in [2.45, 2.75) is 13.3 Å². The monoisotopic (exact) mass is 388 g/mol. The van der Waals surface area contributed by atoms with E-state index in [0.717, 1.165) is 17.0 Å². The number of nitrogens with one attached hydrogen (secondary N) is 1. The molecular weight excluding hydrogens is 372 g/mol. The van der Waals surface area contributed by atoms with Gasteiger partial charge >= 0.3 is 5.97 Å². The van der Waals surface area contributed by atoms with Crippen molar-refractivity contribution in [3.05, 3.63) is 58.4 Å². The van der Waals surface area contributed by atoms with Crippen LogP contribution in [-0.2, 0) is 11.2 Å². The molecule has 3 aromatic rings. The Bertz CT molecular complexity index is 909. The summed E-state index contributed by atoms with van der Waals surface area (Å²) in [6.07, 6.45) is -0.0928. The van der Waals surface area contributed by atoms with Gasteiger partial charge < -0.3 is 15.2 Å². The molecule has 0 spiro atoms. The third-order valence-corrected chi connectivity index (χ3v) is 4.86. The number of aromatic nitrogens is 1. The van der Waals surface area contributed by atoms with E-state index in [4.69, 9.17) is 16.3 Å². The highest BCUT2D eigenvalue weighted by atomic mass is 35.5. The fourth-order valence-electron chi connectivity index (χ4n) is 2.44. The van der Waals surface area contributed by atoms with Crippen LogP contribution in [0, 0.1) is 0 Å². The molecule has 0 radical (unpaired) electrons. The van der Waals surface area contributed by atoms with Crippen LogP contribution in [-0.4, -0.2) is 22.7 Å². The summed E-state index contributed by atoms with van der Waals surface area (Å²) in [5, 5.41) is 13.5. The van der Waals surface area contributed by atoms with Gasteiger partial charge in [0.15, 0.2) is 5.13 Å². The van der Waals surface area contributed by atoms with Crippen LogP contribution in [0.2, 0.25) is 5.02 Å². The highest BCUT2D eigenvalue weighted by molar-refractivity contribution is 7.16. The van der Waals surface area contributed by atoms with Gasteiger partial charge in [0.05, 0.1) is 29.4 Å². The van der Waals surface area contributed by atoms with E-state index in [2.05, 4.69) is 10.3 Å². The second-order valence-electron chi connectivity index (χ2n) is 5.42. The van der Waals surface area contributed by atoms with Gasteiger partial charge in [0, 0.05) is 10.4 Å². The average molecular weight is 389 g/mol. The molecule has 1 aromatic heterocycles. The van der Waals surface area contributed by atoms with Gasteiger partial charge in [0.1, 0.15) is 5.75 Å². The van der Waals surface area contributed by atoms with Crippen LogP contribution in [0.1, 0.15) is 11.8 Å². The maximum Gasteiger partial charge on any atom is 0.308 e. The van der Waals surface area contributed by atoms with Crippen molar-refractivity contribution in [3.8, 4) is 17.0 Å². The number of benzene rings is 2. The third kappa shape index (κ3) is 4.33. The summed E-state index contributed by atoms with van der Waals surface area (Å²) in [4.78, 5) is 16.5. The normalized spacial score (nSPS) is 10.5. The first-order chi connectivity index (χ1) is 12.6. The van der Waals surface area contributed by atoms with E-state index in [9.17, 15) is 9.90 Å². The number of carboxylic acids is 1. The van der Waals surface area contributed by atoms with Gasteiger partial charge in [-0.2, -0.15) is 0 Å². The molecule has 3 rings (SSSR count). The molecule has 0 aliphatic rings. The van der Waals surface area contributed by atoms with E-state index in [1.165, 1.54) is 11.3 Å². The molecule has 0 aliphatic carbocycles. The summed E-state index contributed by atoms with van der Waals surface area (Å²) in [6.45, 7) is 2.51. The number of ether oxygens (including phenoxy) is 1. The SMILES string of the molecule is CCOc1ccc(-c2nc(Nc3ccccc3Cl)sc2CC(=O)O)cc1. The number of rotatable bonds is 7. The Kier molecular flexibility index (Phi) is 5.75. The topological polar surface area (TPSA) is 71.5 Å². The zero-order chi connectivity index (χ0) is 18.5. The number of carboxylic acid groups (broad SMARTS) is 1. The Labute approximate surface area is 160 Å². The third-order valence-electron chi connectivity index (χ3n) is 3.56. The van der Waals surface area contributed by atoms with Crippen molar-refractivity contribution in [1.29, 1.82) is 0 Å². The van der Waals surface area contributed by atoms with Crippen LogP contribution in [0.5, 0.6) is 5.75 Å². The van der Waals surface area contributed by atoms with Gasteiger partial charge in [0.2, 0.25) is 0 Å². The fourth-order valence-corrected chi connectivity index (χ4v) is 3.61. The van der Waals surface area contributed by atoms with E-state index >= 15 is 0 Å². The van der Waals surface area contributed by atoms with Crippen molar-refractivity contribution in [2.24, 2.45) is 0 Å². The molecule has 0 fully saturated rings. The largest absolute Gasteiger partial charge is 0.494 e. The Hall–Kier alpha value is -2.57. The summed E-state index contributed by atoms with van der Waals surface area (Å²) in [5.74, 6) is -0.134. The smallest absolute Gasteiger partial charge is 0.308 e. The van der Waals surface area contributed by atoms with Gasteiger partial charge in [-0.05, 0) is 43.3 Å².